The highest BCUT2D eigenvalue weighted by Crippen LogP contribution is 2.35. The molecule has 0 radical (unpaired) electrons. The number of carbonyl (C=O) groups is 2. The van der Waals surface area contributed by atoms with Crippen LogP contribution in [0, 0.1) is 0 Å². The van der Waals surface area contributed by atoms with Crippen molar-refractivity contribution in [3.63, 3.8) is 0 Å². The van der Waals surface area contributed by atoms with Crippen LogP contribution in [0.4, 0.5) is 11.4 Å². The van der Waals surface area contributed by atoms with Gasteiger partial charge in [0.05, 0.1) is 11.3 Å². The minimum atomic E-state index is -0.166. The van der Waals surface area contributed by atoms with E-state index in [0.29, 0.717) is 11.1 Å². The average molecular weight is 367 g/mol. The molecule has 1 fully saturated rings. The number of fused-ring (bicyclic) bond motifs is 2. The van der Waals surface area contributed by atoms with Crippen molar-refractivity contribution in [2.45, 2.75) is 23.9 Å². The molecule has 2 aromatic rings. The number of carbonyl (C=O) groups excluding carboxylic acids is 2. The number of hydrogen-bond donors (Lipinski definition) is 1. The molecule has 0 saturated carbocycles. The molecule has 0 bridgehead atoms. The normalized spacial score (nSPS) is 18.5. The molecule has 0 unspecified atom stereocenters. The van der Waals surface area contributed by atoms with Crippen LogP contribution in [0.15, 0.2) is 47.4 Å². The van der Waals surface area contributed by atoms with E-state index in [4.69, 9.17) is 0 Å². The van der Waals surface area contributed by atoms with Gasteiger partial charge in [0.25, 0.3) is 11.8 Å². The van der Waals surface area contributed by atoms with Gasteiger partial charge in [0.2, 0.25) is 0 Å². The Labute approximate surface area is 157 Å². The highest BCUT2D eigenvalue weighted by molar-refractivity contribution is 7.98. The average Bonchev–Trinajstić information content (AvgIpc) is 3.16. The zero-order valence-electron chi connectivity index (χ0n) is 14.9. The van der Waals surface area contributed by atoms with E-state index >= 15 is 0 Å². The van der Waals surface area contributed by atoms with Crippen molar-refractivity contribution >= 4 is 35.0 Å². The number of amides is 2. The van der Waals surface area contributed by atoms with E-state index in [2.05, 4.69) is 10.2 Å². The fourth-order valence-corrected chi connectivity index (χ4v) is 4.21. The summed E-state index contributed by atoms with van der Waals surface area (Å²) in [6.07, 6.45) is 4.10. The summed E-state index contributed by atoms with van der Waals surface area (Å²) in [7, 11) is 2.00. The Morgan fingerprint density at radius 3 is 2.88 bits per heavy atom. The lowest BCUT2D eigenvalue weighted by Gasteiger charge is -2.40. The van der Waals surface area contributed by atoms with E-state index in [1.54, 1.807) is 23.9 Å². The number of benzene rings is 2. The Hall–Kier alpha value is -2.47. The fourth-order valence-electron chi connectivity index (χ4n) is 3.75. The van der Waals surface area contributed by atoms with E-state index < -0.39 is 0 Å². The fraction of sp³-hybridized carbons (Fsp3) is 0.300. The zero-order valence-corrected chi connectivity index (χ0v) is 15.7. The molecule has 0 spiro atoms. The van der Waals surface area contributed by atoms with Gasteiger partial charge >= 0.3 is 0 Å². The second kappa shape index (κ2) is 6.68. The monoisotopic (exact) mass is 367 g/mol. The van der Waals surface area contributed by atoms with Gasteiger partial charge in [-0.15, -0.1) is 11.8 Å². The summed E-state index contributed by atoms with van der Waals surface area (Å²) >= 11 is 1.63. The van der Waals surface area contributed by atoms with Crippen LogP contribution in [0.1, 0.15) is 33.6 Å². The molecule has 4 rings (SSSR count). The van der Waals surface area contributed by atoms with Crippen molar-refractivity contribution in [2.24, 2.45) is 0 Å². The van der Waals surface area contributed by atoms with Crippen LogP contribution in [-0.2, 0) is 0 Å². The van der Waals surface area contributed by atoms with Gasteiger partial charge in [0.15, 0.2) is 0 Å². The summed E-state index contributed by atoms with van der Waals surface area (Å²) in [6.45, 7) is 0.807. The summed E-state index contributed by atoms with van der Waals surface area (Å²) < 4.78 is 0. The largest absolute Gasteiger partial charge is 0.354 e. The summed E-state index contributed by atoms with van der Waals surface area (Å²) in [5.41, 5.74) is 2.84. The van der Waals surface area contributed by atoms with Gasteiger partial charge in [0.1, 0.15) is 6.17 Å². The third kappa shape index (κ3) is 2.84. The van der Waals surface area contributed by atoms with Crippen LogP contribution < -0.4 is 10.2 Å². The van der Waals surface area contributed by atoms with Crippen LogP contribution in [0.2, 0.25) is 0 Å². The van der Waals surface area contributed by atoms with Crippen LogP contribution in [-0.4, -0.2) is 42.7 Å². The molecule has 5 nitrogen and oxygen atoms in total. The highest BCUT2D eigenvalue weighted by atomic mass is 32.2. The number of nitrogens with one attached hydrogen (secondary N) is 1. The first-order valence-electron chi connectivity index (χ1n) is 8.72. The molecule has 26 heavy (non-hydrogen) atoms. The SMILES string of the molecule is CSc1cccc(NC(=O)c2ccc3c(c2)N(C)[C@H]2CCCN2C3=O)c1. The van der Waals surface area contributed by atoms with Crippen LogP contribution in [0.3, 0.4) is 0 Å². The first-order chi connectivity index (χ1) is 12.6. The Morgan fingerprint density at radius 1 is 1.23 bits per heavy atom. The van der Waals surface area contributed by atoms with Crippen molar-refractivity contribution in [3.8, 4) is 0 Å². The maximum atomic E-state index is 12.7. The minimum Gasteiger partial charge on any atom is -0.354 e. The van der Waals surface area contributed by atoms with Crippen LogP contribution >= 0.6 is 11.8 Å². The first kappa shape index (κ1) is 17.0. The molecule has 1 atom stereocenters. The molecule has 2 aliphatic heterocycles. The van der Waals surface area contributed by atoms with Gasteiger partial charge in [-0.1, -0.05) is 6.07 Å². The van der Waals surface area contributed by atoms with E-state index in [1.165, 1.54) is 0 Å². The molecule has 134 valence electrons. The van der Waals surface area contributed by atoms with Crippen molar-refractivity contribution < 1.29 is 9.59 Å². The Bertz CT molecular complexity index is 883. The second-order valence-electron chi connectivity index (χ2n) is 6.65. The van der Waals surface area contributed by atoms with Gasteiger partial charge in [-0.25, -0.2) is 0 Å². The molecule has 2 aliphatic rings. The van der Waals surface area contributed by atoms with Crippen molar-refractivity contribution in [3.05, 3.63) is 53.6 Å². The van der Waals surface area contributed by atoms with E-state index in [1.807, 2.05) is 48.5 Å². The quantitative estimate of drug-likeness (QED) is 0.841. The number of anilines is 2. The molecule has 1 saturated heterocycles. The molecule has 2 aromatic carbocycles. The van der Waals surface area contributed by atoms with Crippen molar-refractivity contribution in [1.82, 2.24) is 4.90 Å². The topological polar surface area (TPSA) is 52.7 Å². The van der Waals surface area contributed by atoms with E-state index in [9.17, 15) is 9.59 Å². The molecular formula is C20H21N3O2S. The summed E-state index contributed by atoms with van der Waals surface area (Å²) in [4.78, 5) is 30.5. The smallest absolute Gasteiger partial charge is 0.257 e. The molecule has 6 heteroatoms. The van der Waals surface area contributed by atoms with Crippen molar-refractivity contribution in [1.29, 1.82) is 0 Å². The highest BCUT2D eigenvalue weighted by Gasteiger charge is 2.38. The molecule has 1 N–H and O–H groups in total. The first-order valence-corrected chi connectivity index (χ1v) is 9.94. The molecular weight excluding hydrogens is 346 g/mol. The lowest BCUT2D eigenvalue weighted by molar-refractivity contribution is 0.0719. The standard InChI is InChI=1S/C20H21N3O2S/c1-22-17-11-13(19(24)21-14-5-3-6-15(12-14)26-2)8-9-16(17)20(25)23-10-4-7-18(22)23/h3,5-6,8-9,11-12,18H,4,7,10H2,1-2H3,(H,21,24)/t18-/m1/s1. The predicted octanol–water partition coefficient (Wildman–Crippen LogP) is 3.67. The number of thioether (sulfide) groups is 1. The van der Waals surface area contributed by atoms with E-state index in [-0.39, 0.29) is 18.0 Å². The Morgan fingerprint density at radius 2 is 2.08 bits per heavy atom. The zero-order chi connectivity index (χ0) is 18.3. The summed E-state index contributed by atoms with van der Waals surface area (Å²) in [5, 5.41) is 2.95. The van der Waals surface area contributed by atoms with E-state index in [0.717, 1.165) is 35.7 Å². The third-order valence-electron chi connectivity index (χ3n) is 5.13. The number of hydrogen-bond acceptors (Lipinski definition) is 4. The van der Waals surface area contributed by atoms with Gasteiger partial charge in [-0.05, 0) is 55.5 Å². The molecule has 0 aromatic heterocycles. The van der Waals surface area contributed by atoms with Crippen molar-refractivity contribution in [2.75, 3.05) is 30.1 Å². The molecule has 2 amide bonds. The number of nitrogens with zero attached hydrogens (tertiary/aromatic N) is 2. The molecule has 0 aliphatic carbocycles. The summed E-state index contributed by atoms with van der Waals surface area (Å²) in [5.74, 6) is -0.0963. The second-order valence-corrected chi connectivity index (χ2v) is 7.53. The lowest BCUT2D eigenvalue weighted by atomic mass is 10.0. The lowest BCUT2D eigenvalue weighted by Crippen LogP contribution is -2.50. The van der Waals surface area contributed by atoms with Gasteiger partial charge in [-0.3, -0.25) is 9.59 Å². The Kier molecular flexibility index (Phi) is 4.36. The third-order valence-corrected chi connectivity index (χ3v) is 5.85. The van der Waals surface area contributed by atoms with Crippen LogP contribution in [0.25, 0.3) is 0 Å². The van der Waals surface area contributed by atoms with Gasteiger partial charge in [-0.2, -0.15) is 0 Å². The summed E-state index contributed by atoms with van der Waals surface area (Å²) in [6, 6.07) is 13.1. The Balaban J connectivity index is 1.61. The van der Waals surface area contributed by atoms with Gasteiger partial charge in [0, 0.05) is 29.7 Å². The van der Waals surface area contributed by atoms with Gasteiger partial charge < -0.3 is 15.1 Å². The predicted molar refractivity (Wildman–Crippen MR) is 105 cm³/mol. The minimum absolute atomic E-state index is 0.0697. The molecule has 2 heterocycles. The van der Waals surface area contributed by atoms with Crippen LogP contribution in [0.5, 0.6) is 0 Å². The number of rotatable bonds is 3. The maximum absolute atomic E-state index is 12.7. The maximum Gasteiger partial charge on any atom is 0.257 e.